The van der Waals surface area contributed by atoms with Gasteiger partial charge in [-0.25, -0.2) is 4.39 Å². The largest absolute Gasteiger partial charge is 0.494 e. The van der Waals surface area contributed by atoms with Crippen molar-refractivity contribution in [3.05, 3.63) is 59.9 Å². The maximum Gasteiger partial charge on any atom is 0.146 e. The van der Waals surface area contributed by atoms with Gasteiger partial charge in [0.15, 0.2) is 0 Å². The number of anilines is 1. The van der Waals surface area contributed by atoms with Crippen LogP contribution in [0.2, 0.25) is 0 Å². The Bertz CT molecular complexity index is 651. The summed E-state index contributed by atoms with van der Waals surface area (Å²) in [5.74, 6) is 0.816. The van der Waals surface area contributed by atoms with Gasteiger partial charge in [0.1, 0.15) is 11.6 Å². The van der Waals surface area contributed by atoms with Crippen LogP contribution in [-0.4, -0.2) is 37.7 Å². The van der Waals surface area contributed by atoms with Gasteiger partial charge in [-0.1, -0.05) is 37.6 Å². The number of halogens is 1. The van der Waals surface area contributed by atoms with Gasteiger partial charge < -0.3 is 9.64 Å². The zero-order valence-electron chi connectivity index (χ0n) is 15.0. The number of piperazine rings is 1. The first-order valence-corrected chi connectivity index (χ1v) is 9.20. The van der Waals surface area contributed by atoms with E-state index in [1.54, 1.807) is 6.07 Å². The predicted molar refractivity (Wildman–Crippen MR) is 101 cm³/mol. The van der Waals surface area contributed by atoms with E-state index in [9.17, 15) is 4.39 Å². The zero-order valence-corrected chi connectivity index (χ0v) is 15.0. The fourth-order valence-corrected chi connectivity index (χ4v) is 3.14. The molecule has 0 unspecified atom stereocenters. The second kappa shape index (κ2) is 8.86. The van der Waals surface area contributed by atoms with Crippen LogP contribution in [0.1, 0.15) is 25.3 Å². The molecule has 25 heavy (non-hydrogen) atoms. The molecule has 1 aliphatic heterocycles. The third-order valence-corrected chi connectivity index (χ3v) is 4.66. The Hall–Kier alpha value is -2.07. The summed E-state index contributed by atoms with van der Waals surface area (Å²) in [6.45, 7) is 7.50. The lowest BCUT2D eigenvalue weighted by Crippen LogP contribution is -2.46. The minimum atomic E-state index is -0.130. The predicted octanol–water partition coefficient (Wildman–Crippen LogP) is 4.33. The number of hydrogen-bond donors (Lipinski definition) is 0. The quantitative estimate of drug-likeness (QED) is 0.697. The van der Waals surface area contributed by atoms with E-state index in [0.29, 0.717) is 0 Å². The van der Waals surface area contributed by atoms with Crippen LogP contribution in [-0.2, 0) is 6.54 Å². The molecule has 0 spiro atoms. The Balaban J connectivity index is 1.48. The minimum absolute atomic E-state index is 0.130. The molecule has 0 amide bonds. The summed E-state index contributed by atoms with van der Waals surface area (Å²) in [5, 5.41) is 0. The molecule has 1 saturated heterocycles. The third-order valence-electron chi connectivity index (χ3n) is 4.66. The van der Waals surface area contributed by atoms with Gasteiger partial charge in [-0.05, 0) is 36.2 Å². The van der Waals surface area contributed by atoms with Crippen LogP contribution in [0.5, 0.6) is 5.75 Å². The molecule has 0 aromatic heterocycles. The maximum absolute atomic E-state index is 13.9. The second-order valence-electron chi connectivity index (χ2n) is 6.56. The van der Waals surface area contributed by atoms with Crippen molar-refractivity contribution in [3.8, 4) is 5.75 Å². The van der Waals surface area contributed by atoms with Crippen LogP contribution in [0.4, 0.5) is 10.1 Å². The molecule has 0 radical (unpaired) electrons. The molecular formula is C21H27FN2O. The van der Waals surface area contributed by atoms with Gasteiger partial charge in [-0.3, -0.25) is 4.90 Å². The van der Waals surface area contributed by atoms with Gasteiger partial charge in [-0.2, -0.15) is 0 Å². The Morgan fingerprint density at radius 2 is 1.68 bits per heavy atom. The highest BCUT2D eigenvalue weighted by molar-refractivity contribution is 5.48. The molecule has 0 aliphatic carbocycles. The molecule has 0 atom stereocenters. The minimum Gasteiger partial charge on any atom is -0.494 e. The molecule has 2 aromatic carbocycles. The summed E-state index contributed by atoms with van der Waals surface area (Å²) in [7, 11) is 0. The van der Waals surface area contributed by atoms with Crippen molar-refractivity contribution < 1.29 is 9.13 Å². The number of hydrogen-bond acceptors (Lipinski definition) is 3. The van der Waals surface area contributed by atoms with Crippen molar-refractivity contribution in [2.45, 2.75) is 26.3 Å². The van der Waals surface area contributed by atoms with Crippen LogP contribution >= 0.6 is 0 Å². The Kier molecular flexibility index (Phi) is 6.29. The number of ether oxygens (including phenoxy) is 1. The molecular weight excluding hydrogens is 315 g/mol. The summed E-state index contributed by atoms with van der Waals surface area (Å²) in [5.41, 5.74) is 2.01. The summed E-state index contributed by atoms with van der Waals surface area (Å²) in [6, 6.07) is 15.4. The van der Waals surface area contributed by atoms with Crippen molar-refractivity contribution in [1.82, 2.24) is 4.90 Å². The Labute approximate surface area is 150 Å². The van der Waals surface area contributed by atoms with Crippen molar-refractivity contribution >= 4 is 5.69 Å². The van der Waals surface area contributed by atoms with Gasteiger partial charge in [0, 0.05) is 32.7 Å². The highest BCUT2D eigenvalue weighted by atomic mass is 19.1. The smallest absolute Gasteiger partial charge is 0.146 e. The summed E-state index contributed by atoms with van der Waals surface area (Å²) >= 11 is 0. The van der Waals surface area contributed by atoms with E-state index in [2.05, 4.69) is 41.0 Å². The fourth-order valence-electron chi connectivity index (χ4n) is 3.14. The number of unbranched alkanes of at least 4 members (excludes halogenated alkanes) is 1. The molecule has 1 aliphatic rings. The number of benzene rings is 2. The highest BCUT2D eigenvalue weighted by Gasteiger charge is 2.19. The van der Waals surface area contributed by atoms with E-state index in [1.807, 2.05) is 12.1 Å². The van der Waals surface area contributed by atoms with Crippen molar-refractivity contribution in [2.24, 2.45) is 0 Å². The van der Waals surface area contributed by atoms with E-state index in [4.69, 9.17) is 4.74 Å². The van der Waals surface area contributed by atoms with Crippen LogP contribution in [0, 0.1) is 5.82 Å². The molecule has 1 fully saturated rings. The molecule has 0 bridgehead atoms. The van der Waals surface area contributed by atoms with Crippen molar-refractivity contribution in [1.29, 1.82) is 0 Å². The third kappa shape index (κ3) is 4.95. The van der Waals surface area contributed by atoms with Gasteiger partial charge in [0.2, 0.25) is 0 Å². The first kappa shape index (κ1) is 17.7. The van der Waals surface area contributed by atoms with Crippen LogP contribution < -0.4 is 9.64 Å². The van der Waals surface area contributed by atoms with E-state index in [-0.39, 0.29) is 5.82 Å². The summed E-state index contributed by atoms with van der Waals surface area (Å²) in [6.07, 6.45) is 2.24. The standard InChI is InChI=1S/C21H27FN2O/c1-2-3-16-25-19-10-8-18(9-11-19)17-23-12-14-24(15-13-23)21-7-5-4-6-20(21)22/h4-11H,2-3,12-17H2,1H3. The van der Waals surface area contributed by atoms with E-state index in [1.165, 1.54) is 11.6 Å². The summed E-state index contributed by atoms with van der Waals surface area (Å²) < 4.78 is 19.6. The molecule has 4 heteroatoms. The average Bonchev–Trinajstić information content (AvgIpc) is 2.65. The molecule has 1 heterocycles. The van der Waals surface area contributed by atoms with Gasteiger partial charge in [0.25, 0.3) is 0 Å². The molecule has 3 rings (SSSR count). The fraction of sp³-hybridized carbons (Fsp3) is 0.429. The Morgan fingerprint density at radius 3 is 2.36 bits per heavy atom. The lowest BCUT2D eigenvalue weighted by atomic mass is 10.1. The lowest BCUT2D eigenvalue weighted by Gasteiger charge is -2.36. The maximum atomic E-state index is 13.9. The van der Waals surface area contributed by atoms with Crippen LogP contribution in [0.25, 0.3) is 0 Å². The molecule has 0 N–H and O–H groups in total. The highest BCUT2D eigenvalue weighted by Crippen LogP contribution is 2.21. The first-order chi connectivity index (χ1) is 12.3. The second-order valence-corrected chi connectivity index (χ2v) is 6.56. The van der Waals surface area contributed by atoms with Crippen molar-refractivity contribution in [3.63, 3.8) is 0 Å². The monoisotopic (exact) mass is 342 g/mol. The normalized spacial score (nSPS) is 15.4. The van der Waals surface area contributed by atoms with E-state index in [0.717, 1.165) is 63.6 Å². The number of para-hydroxylation sites is 1. The van der Waals surface area contributed by atoms with Gasteiger partial charge in [0.05, 0.1) is 12.3 Å². The number of rotatable bonds is 7. The topological polar surface area (TPSA) is 15.7 Å². The Morgan fingerprint density at radius 1 is 0.960 bits per heavy atom. The first-order valence-electron chi connectivity index (χ1n) is 9.20. The van der Waals surface area contributed by atoms with E-state index < -0.39 is 0 Å². The molecule has 3 nitrogen and oxygen atoms in total. The molecule has 2 aromatic rings. The molecule has 0 saturated carbocycles. The molecule has 134 valence electrons. The average molecular weight is 342 g/mol. The zero-order chi connectivity index (χ0) is 17.5. The van der Waals surface area contributed by atoms with Gasteiger partial charge >= 0.3 is 0 Å². The summed E-state index contributed by atoms with van der Waals surface area (Å²) in [4.78, 5) is 4.56. The SMILES string of the molecule is CCCCOc1ccc(CN2CCN(c3ccccc3F)CC2)cc1. The number of nitrogens with zero attached hydrogens (tertiary/aromatic N) is 2. The van der Waals surface area contributed by atoms with Gasteiger partial charge in [-0.15, -0.1) is 0 Å². The van der Waals surface area contributed by atoms with Crippen molar-refractivity contribution in [2.75, 3.05) is 37.7 Å². The lowest BCUT2D eigenvalue weighted by molar-refractivity contribution is 0.249. The van der Waals surface area contributed by atoms with Crippen LogP contribution in [0.3, 0.4) is 0 Å². The van der Waals surface area contributed by atoms with Crippen LogP contribution in [0.15, 0.2) is 48.5 Å². The van der Waals surface area contributed by atoms with E-state index >= 15 is 0 Å².